The Bertz CT molecular complexity index is 332. The van der Waals surface area contributed by atoms with Crippen molar-refractivity contribution in [2.45, 2.75) is 6.82 Å². The maximum Gasteiger partial charge on any atom is 0.146 e. The van der Waals surface area contributed by atoms with Gasteiger partial charge in [-0.2, -0.15) is 0 Å². The highest BCUT2D eigenvalue weighted by Crippen LogP contribution is 2.55. The molecule has 0 saturated carbocycles. The van der Waals surface area contributed by atoms with E-state index in [1.807, 2.05) is 70.6 Å². The van der Waals surface area contributed by atoms with Crippen LogP contribution in [0.5, 0.6) is 0 Å². The monoisotopic (exact) mass is 371 g/mol. The second-order valence-corrected chi connectivity index (χ2v) is 11.3. The number of thioether (sulfide) groups is 6. The van der Waals surface area contributed by atoms with Crippen LogP contribution >= 0.6 is 70.6 Å². The Labute approximate surface area is 142 Å². The van der Waals surface area contributed by atoms with Crippen molar-refractivity contribution in [3.63, 3.8) is 0 Å². The van der Waals surface area contributed by atoms with Gasteiger partial charge in [0.15, 0.2) is 0 Å². The molecule has 0 aliphatic carbocycles. The van der Waals surface area contributed by atoms with Crippen LogP contribution in [0.25, 0.3) is 0 Å². The second kappa shape index (κ2) is 8.13. The Hall–Kier alpha value is 1.38. The van der Waals surface area contributed by atoms with Gasteiger partial charge in [0, 0.05) is 0 Å². The zero-order valence-corrected chi connectivity index (χ0v) is 17.0. The molecule has 0 fully saturated rings. The standard InChI is InChI=1S/C12H21NS6/c1-14-11(15-2,16-3)9-7-8-10(13-9)12(17-4,18-5)19-6/h7-8,13H,1-6H3. The van der Waals surface area contributed by atoms with Crippen LogP contribution in [-0.4, -0.2) is 42.5 Å². The van der Waals surface area contributed by atoms with Crippen molar-refractivity contribution in [2.75, 3.05) is 37.5 Å². The molecule has 0 saturated heterocycles. The number of aromatic nitrogens is 1. The molecular formula is C12H21NS6. The number of rotatable bonds is 8. The highest BCUT2D eigenvalue weighted by atomic mass is 32.3. The van der Waals surface area contributed by atoms with E-state index in [-0.39, 0.29) is 6.82 Å². The van der Waals surface area contributed by atoms with Gasteiger partial charge in [-0.15, -0.1) is 70.6 Å². The summed E-state index contributed by atoms with van der Waals surface area (Å²) in [7, 11) is 0. The van der Waals surface area contributed by atoms with Crippen LogP contribution in [0.1, 0.15) is 11.4 Å². The van der Waals surface area contributed by atoms with Crippen LogP contribution in [0, 0.1) is 0 Å². The van der Waals surface area contributed by atoms with Crippen molar-refractivity contribution in [2.24, 2.45) is 0 Å². The zero-order valence-electron chi connectivity index (χ0n) is 12.1. The predicted molar refractivity (Wildman–Crippen MR) is 105 cm³/mol. The lowest BCUT2D eigenvalue weighted by Gasteiger charge is -2.29. The summed E-state index contributed by atoms with van der Waals surface area (Å²) in [4.78, 5) is 3.68. The maximum atomic E-state index is 3.68. The molecular weight excluding hydrogens is 351 g/mol. The summed E-state index contributed by atoms with van der Waals surface area (Å²) in [6, 6.07) is 4.49. The molecule has 0 bridgehead atoms. The molecule has 0 aliphatic rings. The normalized spacial score (nSPS) is 12.9. The van der Waals surface area contributed by atoms with Gasteiger partial charge in [-0.05, 0) is 49.7 Å². The first-order valence-electron chi connectivity index (χ1n) is 5.58. The van der Waals surface area contributed by atoms with E-state index in [0.717, 1.165) is 0 Å². The summed E-state index contributed by atoms with van der Waals surface area (Å²) in [6.45, 7) is 0. The maximum absolute atomic E-state index is 3.68. The Kier molecular flexibility index (Phi) is 7.88. The van der Waals surface area contributed by atoms with E-state index in [0.29, 0.717) is 0 Å². The molecule has 1 N–H and O–H groups in total. The van der Waals surface area contributed by atoms with Gasteiger partial charge in [0.25, 0.3) is 0 Å². The Morgan fingerprint density at radius 2 is 0.895 bits per heavy atom. The van der Waals surface area contributed by atoms with E-state index in [1.54, 1.807) is 0 Å². The van der Waals surface area contributed by atoms with Gasteiger partial charge in [-0.25, -0.2) is 0 Å². The molecule has 0 radical (unpaired) electrons. The lowest BCUT2D eigenvalue weighted by Crippen LogP contribution is -2.15. The quantitative estimate of drug-likeness (QED) is 0.610. The average molecular weight is 372 g/mol. The van der Waals surface area contributed by atoms with Crippen molar-refractivity contribution in [1.29, 1.82) is 0 Å². The van der Waals surface area contributed by atoms with E-state index < -0.39 is 0 Å². The molecule has 0 spiro atoms. The minimum atomic E-state index is 0.0687. The van der Waals surface area contributed by atoms with E-state index in [1.165, 1.54) is 11.4 Å². The molecule has 110 valence electrons. The number of H-pyrrole nitrogens is 1. The number of nitrogens with one attached hydrogen (secondary N) is 1. The summed E-state index contributed by atoms with van der Waals surface area (Å²) in [5.41, 5.74) is 2.60. The molecule has 0 amide bonds. The second-order valence-electron chi connectivity index (χ2n) is 3.62. The third-order valence-corrected chi connectivity index (χ3v) is 13.5. The molecule has 1 rings (SSSR count). The number of hydrogen-bond donors (Lipinski definition) is 1. The lowest BCUT2D eigenvalue weighted by molar-refractivity contribution is 1.09. The Morgan fingerprint density at radius 1 is 0.632 bits per heavy atom. The van der Waals surface area contributed by atoms with E-state index in [2.05, 4.69) is 54.7 Å². The van der Waals surface area contributed by atoms with Gasteiger partial charge in [0.05, 0.1) is 11.4 Å². The van der Waals surface area contributed by atoms with Crippen LogP contribution in [0.2, 0.25) is 0 Å². The van der Waals surface area contributed by atoms with Crippen LogP contribution in [-0.2, 0) is 6.82 Å². The van der Waals surface area contributed by atoms with Gasteiger partial charge in [0.2, 0.25) is 0 Å². The molecule has 0 aromatic carbocycles. The topological polar surface area (TPSA) is 15.8 Å². The summed E-state index contributed by atoms with van der Waals surface area (Å²) in [6.07, 6.45) is 13.1. The van der Waals surface area contributed by atoms with Gasteiger partial charge >= 0.3 is 0 Å². The predicted octanol–water partition coefficient (Wildman–Crippen LogP) is 5.41. The molecule has 0 aliphatic heterocycles. The van der Waals surface area contributed by atoms with Crippen molar-refractivity contribution in [1.82, 2.24) is 4.98 Å². The van der Waals surface area contributed by atoms with Crippen LogP contribution in [0.4, 0.5) is 0 Å². The third kappa shape index (κ3) is 3.59. The minimum Gasteiger partial charge on any atom is -0.357 e. The minimum absolute atomic E-state index is 0.0687. The first kappa shape index (κ1) is 18.4. The van der Waals surface area contributed by atoms with Crippen LogP contribution < -0.4 is 0 Å². The summed E-state index contributed by atoms with van der Waals surface area (Å²) in [5, 5.41) is 0. The average Bonchev–Trinajstić information content (AvgIpc) is 2.95. The van der Waals surface area contributed by atoms with E-state index >= 15 is 0 Å². The molecule has 1 nitrogen and oxygen atoms in total. The van der Waals surface area contributed by atoms with Gasteiger partial charge < -0.3 is 4.98 Å². The van der Waals surface area contributed by atoms with Crippen LogP contribution in [0.15, 0.2) is 12.1 Å². The fraction of sp³-hybridized carbons (Fsp3) is 0.667. The summed E-state index contributed by atoms with van der Waals surface area (Å²) >= 11 is 11.3. The van der Waals surface area contributed by atoms with E-state index in [9.17, 15) is 0 Å². The number of aromatic amines is 1. The van der Waals surface area contributed by atoms with Crippen LogP contribution in [0.3, 0.4) is 0 Å². The highest BCUT2D eigenvalue weighted by Gasteiger charge is 2.35. The van der Waals surface area contributed by atoms with Crippen molar-refractivity contribution >= 4 is 70.6 Å². The number of hydrogen-bond acceptors (Lipinski definition) is 6. The fourth-order valence-corrected chi connectivity index (χ4v) is 7.95. The van der Waals surface area contributed by atoms with Gasteiger partial charge in [-0.3, -0.25) is 0 Å². The van der Waals surface area contributed by atoms with E-state index in [4.69, 9.17) is 0 Å². The first-order valence-corrected chi connectivity index (χ1v) is 12.9. The third-order valence-electron chi connectivity index (χ3n) is 2.96. The lowest BCUT2D eigenvalue weighted by atomic mass is 10.4. The van der Waals surface area contributed by atoms with Gasteiger partial charge in [-0.1, -0.05) is 0 Å². The molecule has 1 aromatic rings. The molecule has 7 heteroatoms. The Balaban J connectivity index is 3.18. The first-order chi connectivity index (χ1) is 9.07. The SMILES string of the molecule is CSC(SC)(SC)c1ccc(C(SC)(SC)SC)[nH]1. The molecule has 1 heterocycles. The zero-order chi connectivity index (χ0) is 14.5. The highest BCUT2D eigenvalue weighted by molar-refractivity contribution is 8.32. The summed E-state index contributed by atoms with van der Waals surface area (Å²) < 4.78 is 0.137. The largest absolute Gasteiger partial charge is 0.357 e. The Morgan fingerprint density at radius 3 is 1.11 bits per heavy atom. The molecule has 0 unspecified atom stereocenters. The molecule has 1 aromatic heterocycles. The molecule has 0 atom stereocenters. The van der Waals surface area contributed by atoms with Crippen molar-refractivity contribution < 1.29 is 0 Å². The molecule has 19 heavy (non-hydrogen) atoms. The van der Waals surface area contributed by atoms with Crippen molar-refractivity contribution in [3.05, 3.63) is 23.5 Å². The van der Waals surface area contributed by atoms with Gasteiger partial charge in [0.1, 0.15) is 6.82 Å². The smallest absolute Gasteiger partial charge is 0.146 e. The summed E-state index contributed by atoms with van der Waals surface area (Å²) in [5.74, 6) is 0. The van der Waals surface area contributed by atoms with Crippen molar-refractivity contribution in [3.8, 4) is 0 Å². The fourth-order valence-electron chi connectivity index (χ4n) is 1.91.